The zero-order valence-electron chi connectivity index (χ0n) is 13.6. The Labute approximate surface area is 134 Å². The third kappa shape index (κ3) is 3.44. The van der Waals surface area contributed by atoms with Crippen LogP contribution >= 0.6 is 0 Å². The number of carbonyl (C=O) groups is 2. The van der Waals surface area contributed by atoms with Crippen molar-refractivity contribution in [2.24, 2.45) is 5.41 Å². The van der Waals surface area contributed by atoms with Gasteiger partial charge in [-0.25, -0.2) is 0 Å². The van der Waals surface area contributed by atoms with E-state index in [9.17, 15) is 22.8 Å². The van der Waals surface area contributed by atoms with Crippen LogP contribution in [0.2, 0.25) is 0 Å². The molecular formula is C16H23F3N2O2. The zero-order chi connectivity index (χ0) is 17.5. The summed E-state index contributed by atoms with van der Waals surface area (Å²) in [7, 11) is 2.94. The van der Waals surface area contributed by atoms with Gasteiger partial charge in [-0.15, -0.1) is 0 Å². The molecule has 23 heavy (non-hydrogen) atoms. The van der Waals surface area contributed by atoms with Crippen LogP contribution in [0.1, 0.15) is 38.5 Å². The smallest absolute Gasteiger partial charge is 0.321 e. The number of alkyl halides is 3. The van der Waals surface area contributed by atoms with E-state index in [0.717, 1.165) is 0 Å². The minimum Gasteiger partial charge on any atom is -0.321 e. The maximum absolute atomic E-state index is 12.8. The third-order valence-corrected chi connectivity index (χ3v) is 5.47. The van der Waals surface area contributed by atoms with Crippen LogP contribution in [-0.4, -0.2) is 54.3 Å². The summed E-state index contributed by atoms with van der Waals surface area (Å²) in [4.78, 5) is 25.0. The van der Waals surface area contributed by atoms with Crippen LogP contribution in [0.3, 0.4) is 0 Å². The lowest BCUT2D eigenvalue weighted by molar-refractivity contribution is -0.175. The van der Waals surface area contributed by atoms with E-state index in [-0.39, 0.29) is 11.2 Å². The molecule has 1 amide bonds. The van der Waals surface area contributed by atoms with Crippen LogP contribution in [0.25, 0.3) is 0 Å². The van der Waals surface area contributed by atoms with E-state index in [4.69, 9.17) is 0 Å². The summed E-state index contributed by atoms with van der Waals surface area (Å²) in [6.45, 7) is 2.83. The fraction of sp³-hybridized carbons (Fsp3) is 0.750. The number of hydrogen-bond acceptors (Lipinski definition) is 3. The molecule has 0 aromatic carbocycles. The molecule has 0 heterocycles. The van der Waals surface area contributed by atoms with Gasteiger partial charge >= 0.3 is 6.18 Å². The van der Waals surface area contributed by atoms with Crippen molar-refractivity contribution in [2.75, 3.05) is 20.6 Å². The summed E-state index contributed by atoms with van der Waals surface area (Å²) >= 11 is 0. The van der Waals surface area contributed by atoms with Crippen molar-refractivity contribution in [2.45, 2.75) is 50.2 Å². The summed E-state index contributed by atoms with van der Waals surface area (Å²) in [5, 5.41) is 0. The van der Waals surface area contributed by atoms with E-state index in [1.807, 2.05) is 0 Å². The van der Waals surface area contributed by atoms with Gasteiger partial charge in [-0.05, 0) is 38.1 Å². The first-order chi connectivity index (χ1) is 10.5. The molecule has 4 nitrogen and oxygen atoms in total. The Morgan fingerprint density at radius 1 is 1.26 bits per heavy atom. The number of hydrogen-bond donors (Lipinski definition) is 0. The van der Waals surface area contributed by atoms with Crippen LogP contribution < -0.4 is 0 Å². The van der Waals surface area contributed by atoms with Gasteiger partial charge in [-0.2, -0.15) is 13.2 Å². The Morgan fingerprint density at radius 3 is 2.22 bits per heavy atom. The number of Topliss-reactive ketones (excluding diaryl/α,β-unsaturated/α-hetero) is 1. The highest BCUT2D eigenvalue weighted by Gasteiger charge is 2.60. The number of ketones is 1. The molecule has 0 atom stereocenters. The molecule has 0 N–H and O–H groups in total. The normalized spacial score (nSPS) is 22.8. The lowest BCUT2D eigenvalue weighted by Crippen LogP contribution is -2.65. The molecule has 0 unspecified atom stereocenters. The minimum atomic E-state index is -4.31. The van der Waals surface area contributed by atoms with E-state index >= 15 is 0 Å². The molecule has 2 aliphatic carbocycles. The first-order valence-corrected chi connectivity index (χ1v) is 7.71. The molecule has 0 saturated heterocycles. The molecule has 130 valence electrons. The van der Waals surface area contributed by atoms with E-state index < -0.39 is 18.3 Å². The van der Waals surface area contributed by atoms with E-state index in [1.54, 1.807) is 0 Å². The van der Waals surface area contributed by atoms with Crippen LogP contribution in [0.5, 0.6) is 0 Å². The van der Waals surface area contributed by atoms with Crippen LogP contribution in [-0.2, 0) is 9.59 Å². The molecular weight excluding hydrogens is 309 g/mol. The fourth-order valence-electron chi connectivity index (χ4n) is 4.11. The Hall–Kier alpha value is -1.37. The fourth-order valence-corrected chi connectivity index (χ4v) is 4.11. The maximum atomic E-state index is 12.8. The van der Waals surface area contributed by atoms with Gasteiger partial charge in [0.25, 0.3) is 0 Å². The summed E-state index contributed by atoms with van der Waals surface area (Å²) in [6, 6.07) is 0. The van der Waals surface area contributed by atoms with Gasteiger partial charge in [-0.1, -0.05) is 6.58 Å². The van der Waals surface area contributed by atoms with Crippen molar-refractivity contribution in [1.82, 2.24) is 9.80 Å². The van der Waals surface area contributed by atoms with Crippen molar-refractivity contribution in [3.63, 3.8) is 0 Å². The molecule has 2 rings (SSSR count). The van der Waals surface area contributed by atoms with Crippen molar-refractivity contribution >= 4 is 12.2 Å². The molecule has 0 aromatic heterocycles. The molecule has 1 spiro atoms. The lowest BCUT2D eigenvalue weighted by Gasteiger charge is -2.62. The quantitative estimate of drug-likeness (QED) is 0.727. The number of halogens is 3. The molecule has 2 aliphatic rings. The first-order valence-electron chi connectivity index (χ1n) is 7.71. The van der Waals surface area contributed by atoms with Crippen molar-refractivity contribution in [3.8, 4) is 0 Å². The van der Waals surface area contributed by atoms with Gasteiger partial charge in [0.05, 0.1) is 12.1 Å². The highest BCUT2D eigenvalue weighted by Crippen LogP contribution is 2.60. The minimum absolute atomic E-state index is 0.0968. The zero-order valence-corrected chi connectivity index (χ0v) is 13.6. The Kier molecular flexibility index (Phi) is 4.63. The molecule has 0 radical (unpaired) electrons. The van der Waals surface area contributed by atoms with Gasteiger partial charge in [0.15, 0.2) is 0 Å². The Morgan fingerprint density at radius 2 is 1.78 bits per heavy atom. The van der Waals surface area contributed by atoms with Crippen LogP contribution in [0.15, 0.2) is 12.3 Å². The predicted molar refractivity (Wildman–Crippen MR) is 79.5 cm³/mol. The monoisotopic (exact) mass is 332 g/mol. The lowest BCUT2D eigenvalue weighted by atomic mass is 9.50. The van der Waals surface area contributed by atoms with E-state index in [0.29, 0.717) is 50.6 Å². The van der Waals surface area contributed by atoms with Crippen molar-refractivity contribution in [3.05, 3.63) is 12.3 Å². The standard InChI is InChI=1S/C16H23F3N2O2/c1-12(20(2)11-22)15(21(3)10-16(17,18)19)8-14(9-15)6-4-13(23)5-7-14/h11H,1,4-10H2,2-3H3. The van der Waals surface area contributed by atoms with Crippen molar-refractivity contribution < 1.29 is 22.8 Å². The number of likely N-dealkylation sites (N-methyl/N-ethyl adjacent to an activating group) is 2. The van der Waals surface area contributed by atoms with Gasteiger partial charge in [0.2, 0.25) is 6.41 Å². The first kappa shape index (κ1) is 18.0. The number of nitrogens with zero attached hydrogens (tertiary/aromatic N) is 2. The average molecular weight is 332 g/mol. The average Bonchev–Trinajstić information content (AvgIpc) is 2.42. The second-order valence-electron chi connectivity index (χ2n) is 7.06. The predicted octanol–water partition coefficient (Wildman–Crippen LogP) is 2.74. The summed E-state index contributed by atoms with van der Waals surface area (Å²) < 4.78 is 38.5. The molecule has 0 aromatic rings. The number of amides is 1. The van der Waals surface area contributed by atoms with Crippen LogP contribution in [0, 0.1) is 5.41 Å². The molecule has 7 heteroatoms. The highest BCUT2D eigenvalue weighted by molar-refractivity contribution is 5.79. The van der Waals surface area contributed by atoms with Gasteiger partial charge in [0, 0.05) is 25.6 Å². The second kappa shape index (κ2) is 5.92. The van der Waals surface area contributed by atoms with Crippen molar-refractivity contribution in [1.29, 1.82) is 0 Å². The largest absolute Gasteiger partial charge is 0.401 e. The summed E-state index contributed by atoms with van der Waals surface area (Å²) in [6.07, 6.45) is -0.303. The summed E-state index contributed by atoms with van der Waals surface area (Å²) in [5.74, 6) is 0.223. The molecule has 0 bridgehead atoms. The number of carbonyl (C=O) groups excluding carboxylic acids is 2. The molecule has 2 saturated carbocycles. The van der Waals surface area contributed by atoms with Crippen LogP contribution in [0.4, 0.5) is 13.2 Å². The van der Waals surface area contributed by atoms with Gasteiger partial charge in [0.1, 0.15) is 5.78 Å². The second-order valence-corrected chi connectivity index (χ2v) is 7.06. The highest BCUT2D eigenvalue weighted by atomic mass is 19.4. The van der Waals surface area contributed by atoms with Gasteiger partial charge < -0.3 is 4.90 Å². The maximum Gasteiger partial charge on any atom is 0.401 e. The SMILES string of the molecule is C=C(N(C)C=O)C1(N(C)CC(F)(F)F)CC2(CCC(=O)CC2)C1. The Bertz CT molecular complexity index is 498. The van der Waals surface area contributed by atoms with E-state index in [1.165, 1.54) is 23.9 Å². The third-order valence-electron chi connectivity index (χ3n) is 5.47. The molecule has 2 fully saturated rings. The number of rotatable bonds is 5. The van der Waals surface area contributed by atoms with Gasteiger partial charge in [-0.3, -0.25) is 14.5 Å². The Balaban J connectivity index is 2.20. The van der Waals surface area contributed by atoms with E-state index in [2.05, 4.69) is 6.58 Å². The summed E-state index contributed by atoms with van der Waals surface area (Å²) in [5.41, 5.74) is -0.576. The topological polar surface area (TPSA) is 40.6 Å². The molecule has 0 aliphatic heterocycles.